The molecular formula is C12H15BrClNO. The second-order valence-electron chi connectivity index (χ2n) is 4.64. The molecule has 4 heteroatoms. The summed E-state index contributed by atoms with van der Waals surface area (Å²) in [7, 11) is 0. The van der Waals surface area contributed by atoms with Crippen molar-refractivity contribution in [1.29, 1.82) is 0 Å². The van der Waals surface area contributed by atoms with Crippen molar-refractivity contribution in [2.45, 2.75) is 24.6 Å². The van der Waals surface area contributed by atoms with Crippen LogP contribution in [0.15, 0.2) is 30.3 Å². The predicted molar refractivity (Wildman–Crippen MR) is 72.0 cm³/mol. The monoisotopic (exact) mass is 303 g/mol. The standard InChI is InChI=1S/C12H15BrClNO/c1-11(2,3)12(13,14)10(16)15-9-7-5-4-6-8-9/h4-8H,1-3H3,(H,15,16). The number of nitrogens with one attached hydrogen (secondary N) is 1. The van der Waals surface area contributed by atoms with Gasteiger partial charge in [-0.3, -0.25) is 4.79 Å². The Labute approximate surface area is 110 Å². The van der Waals surface area contributed by atoms with Gasteiger partial charge in [-0.1, -0.05) is 66.5 Å². The maximum absolute atomic E-state index is 12.0. The number of rotatable bonds is 2. The van der Waals surface area contributed by atoms with E-state index in [0.29, 0.717) is 0 Å². The van der Waals surface area contributed by atoms with Crippen LogP contribution in [0.25, 0.3) is 0 Å². The number of anilines is 1. The van der Waals surface area contributed by atoms with Gasteiger partial charge < -0.3 is 5.32 Å². The molecule has 88 valence electrons. The molecule has 0 bridgehead atoms. The zero-order valence-electron chi connectivity index (χ0n) is 9.55. The number of alkyl halides is 2. The molecule has 1 unspecified atom stereocenters. The van der Waals surface area contributed by atoms with Crippen molar-refractivity contribution >= 4 is 39.1 Å². The highest BCUT2D eigenvalue weighted by molar-refractivity contribution is 9.10. The van der Waals surface area contributed by atoms with Crippen LogP contribution in [0.4, 0.5) is 5.69 Å². The molecule has 1 aromatic carbocycles. The first-order valence-electron chi connectivity index (χ1n) is 4.99. The Kier molecular flexibility index (Phi) is 4.02. The Bertz CT molecular complexity index is 370. The van der Waals surface area contributed by atoms with Crippen molar-refractivity contribution in [3.05, 3.63) is 30.3 Å². The highest BCUT2D eigenvalue weighted by atomic mass is 79.9. The summed E-state index contributed by atoms with van der Waals surface area (Å²) in [5.41, 5.74) is 0.356. The smallest absolute Gasteiger partial charge is 0.256 e. The second-order valence-corrected chi connectivity index (χ2v) is 6.86. The van der Waals surface area contributed by atoms with Gasteiger partial charge in [0.2, 0.25) is 0 Å². The Morgan fingerprint density at radius 3 is 2.19 bits per heavy atom. The maximum atomic E-state index is 12.0. The van der Waals surface area contributed by atoms with Crippen LogP contribution >= 0.6 is 27.5 Å². The average Bonchev–Trinajstić information content (AvgIpc) is 2.17. The van der Waals surface area contributed by atoms with Gasteiger partial charge in [-0.05, 0) is 12.1 Å². The number of carbonyl (C=O) groups excluding carboxylic acids is 1. The fourth-order valence-corrected chi connectivity index (χ4v) is 1.22. The molecule has 0 aromatic heterocycles. The van der Waals surface area contributed by atoms with Crippen LogP contribution in [0.3, 0.4) is 0 Å². The van der Waals surface area contributed by atoms with Crippen LogP contribution < -0.4 is 5.32 Å². The third kappa shape index (κ3) is 2.98. The van der Waals surface area contributed by atoms with Gasteiger partial charge in [-0.25, -0.2) is 0 Å². The molecule has 1 N–H and O–H groups in total. The summed E-state index contributed by atoms with van der Waals surface area (Å²) in [4.78, 5) is 12.0. The Hall–Kier alpha value is -0.540. The summed E-state index contributed by atoms with van der Waals surface area (Å²) in [5, 5.41) is 2.77. The van der Waals surface area contributed by atoms with E-state index in [2.05, 4.69) is 21.2 Å². The molecule has 0 aliphatic heterocycles. The largest absolute Gasteiger partial charge is 0.324 e. The average molecular weight is 305 g/mol. The first kappa shape index (κ1) is 13.5. The van der Waals surface area contributed by atoms with Gasteiger partial charge >= 0.3 is 0 Å². The summed E-state index contributed by atoms with van der Waals surface area (Å²) in [5.74, 6) is -0.257. The molecule has 1 amide bonds. The molecule has 0 heterocycles. The minimum atomic E-state index is -1.12. The molecule has 0 saturated heterocycles. The first-order chi connectivity index (χ1) is 7.25. The van der Waals surface area contributed by atoms with Crippen molar-refractivity contribution in [2.75, 3.05) is 5.32 Å². The lowest BCUT2D eigenvalue weighted by Crippen LogP contribution is -2.42. The van der Waals surface area contributed by atoms with Gasteiger partial charge in [0.05, 0.1) is 0 Å². The Morgan fingerprint density at radius 2 is 1.75 bits per heavy atom. The van der Waals surface area contributed by atoms with Crippen molar-refractivity contribution in [3.63, 3.8) is 0 Å². The van der Waals surface area contributed by atoms with E-state index in [1.54, 1.807) is 0 Å². The van der Waals surface area contributed by atoms with Crippen molar-refractivity contribution in [1.82, 2.24) is 0 Å². The van der Waals surface area contributed by atoms with Crippen LogP contribution in [0, 0.1) is 5.41 Å². The quantitative estimate of drug-likeness (QED) is 0.822. The molecule has 2 nitrogen and oxygen atoms in total. The fourth-order valence-electron chi connectivity index (χ4n) is 1.07. The van der Waals surface area contributed by atoms with Crippen molar-refractivity contribution < 1.29 is 4.79 Å². The van der Waals surface area contributed by atoms with Crippen LogP contribution in [0.5, 0.6) is 0 Å². The SMILES string of the molecule is CC(C)(C)C(Cl)(Br)C(=O)Nc1ccccc1. The highest BCUT2D eigenvalue weighted by Gasteiger charge is 2.44. The highest BCUT2D eigenvalue weighted by Crippen LogP contribution is 2.42. The predicted octanol–water partition coefficient (Wildman–Crippen LogP) is 4.00. The van der Waals surface area contributed by atoms with Crippen LogP contribution in [0.1, 0.15) is 20.8 Å². The minimum absolute atomic E-state index is 0.257. The van der Waals surface area contributed by atoms with Crippen LogP contribution in [0.2, 0.25) is 0 Å². The number of benzene rings is 1. The molecule has 0 aliphatic carbocycles. The molecule has 1 rings (SSSR count). The van der Waals surface area contributed by atoms with E-state index in [-0.39, 0.29) is 11.3 Å². The van der Waals surface area contributed by atoms with E-state index in [0.717, 1.165) is 5.69 Å². The normalized spacial score (nSPS) is 15.3. The zero-order valence-corrected chi connectivity index (χ0v) is 11.9. The molecule has 0 saturated carbocycles. The summed E-state index contributed by atoms with van der Waals surface area (Å²) < 4.78 is -1.12. The van der Waals surface area contributed by atoms with Gasteiger partial charge in [-0.2, -0.15) is 0 Å². The Morgan fingerprint density at radius 1 is 1.25 bits per heavy atom. The second kappa shape index (κ2) is 4.76. The number of hydrogen-bond donors (Lipinski definition) is 1. The van der Waals surface area contributed by atoms with Crippen LogP contribution in [-0.2, 0) is 4.79 Å². The third-order valence-corrected chi connectivity index (χ3v) is 4.55. The van der Waals surface area contributed by atoms with Gasteiger partial charge in [0.15, 0.2) is 3.78 Å². The third-order valence-electron chi connectivity index (χ3n) is 2.26. The molecular weight excluding hydrogens is 289 g/mol. The van der Waals surface area contributed by atoms with E-state index in [1.165, 1.54) is 0 Å². The summed E-state index contributed by atoms with van der Waals surface area (Å²) in [6, 6.07) is 9.25. The van der Waals surface area contributed by atoms with Crippen LogP contribution in [-0.4, -0.2) is 9.69 Å². The summed E-state index contributed by atoms with van der Waals surface area (Å²) >= 11 is 9.50. The number of halogens is 2. The summed E-state index contributed by atoms with van der Waals surface area (Å²) in [6.07, 6.45) is 0. The van der Waals surface area contributed by atoms with Gasteiger partial charge in [0.25, 0.3) is 5.91 Å². The molecule has 0 aliphatic rings. The molecule has 0 fully saturated rings. The van der Waals surface area contributed by atoms with E-state index < -0.39 is 3.78 Å². The van der Waals surface area contributed by atoms with Gasteiger partial charge in [0.1, 0.15) is 0 Å². The first-order valence-corrected chi connectivity index (χ1v) is 6.16. The van der Waals surface area contributed by atoms with Gasteiger partial charge in [-0.15, -0.1) is 0 Å². The zero-order chi connectivity index (χ0) is 12.4. The number of carbonyl (C=O) groups is 1. The number of hydrogen-bond acceptors (Lipinski definition) is 1. The van der Waals surface area contributed by atoms with Crippen molar-refractivity contribution in [2.24, 2.45) is 5.41 Å². The summed E-state index contributed by atoms with van der Waals surface area (Å²) in [6.45, 7) is 5.71. The Balaban J connectivity index is 2.81. The maximum Gasteiger partial charge on any atom is 0.256 e. The molecule has 16 heavy (non-hydrogen) atoms. The van der Waals surface area contributed by atoms with Crippen molar-refractivity contribution in [3.8, 4) is 0 Å². The van der Waals surface area contributed by atoms with E-state index in [9.17, 15) is 4.79 Å². The molecule has 1 atom stereocenters. The van der Waals surface area contributed by atoms with E-state index >= 15 is 0 Å². The molecule has 0 radical (unpaired) electrons. The minimum Gasteiger partial charge on any atom is -0.324 e. The topological polar surface area (TPSA) is 29.1 Å². The van der Waals surface area contributed by atoms with E-state index in [1.807, 2.05) is 51.1 Å². The van der Waals surface area contributed by atoms with E-state index in [4.69, 9.17) is 11.6 Å². The lowest BCUT2D eigenvalue weighted by molar-refractivity contribution is -0.118. The van der Waals surface area contributed by atoms with Gasteiger partial charge in [0, 0.05) is 11.1 Å². The lowest BCUT2D eigenvalue weighted by atomic mass is 9.91. The number of amides is 1. The fraction of sp³-hybridized carbons (Fsp3) is 0.417. The molecule has 0 spiro atoms. The molecule has 1 aromatic rings. The lowest BCUT2D eigenvalue weighted by Gasteiger charge is -2.32. The number of para-hydroxylation sites is 1.